The maximum absolute atomic E-state index is 12.8. The number of carbonyl (C=O) groups is 1. The number of likely N-dealkylation sites (N-methyl/N-ethyl adjacent to an activating group) is 1. The summed E-state index contributed by atoms with van der Waals surface area (Å²) in [6.45, 7) is 12.8. The molecule has 6 nitrogen and oxygen atoms in total. The molecule has 3 aliphatic rings. The van der Waals surface area contributed by atoms with E-state index in [1.54, 1.807) is 0 Å². The third-order valence-corrected chi connectivity index (χ3v) is 6.86. The zero-order valence-electron chi connectivity index (χ0n) is 18.0. The van der Waals surface area contributed by atoms with E-state index in [4.69, 9.17) is 0 Å². The number of para-hydroxylation sites is 2. The molecule has 0 aromatic heterocycles. The Hall–Kier alpha value is -1.63. The van der Waals surface area contributed by atoms with Gasteiger partial charge in [-0.3, -0.25) is 14.6 Å². The van der Waals surface area contributed by atoms with Gasteiger partial charge in [0.15, 0.2) is 0 Å². The molecule has 160 valence electrons. The number of hydrogen-bond donors (Lipinski definition) is 1. The zero-order valence-corrected chi connectivity index (χ0v) is 18.0. The minimum absolute atomic E-state index is 0.117. The van der Waals surface area contributed by atoms with Crippen molar-refractivity contribution < 1.29 is 4.79 Å². The minimum atomic E-state index is 0.117. The third-order valence-electron chi connectivity index (χ3n) is 6.86. The molecular weight excluding hydrogens is 362 g/mol. The largest absolute Gasteiger partial charge is 0.370 e. The Morgan fingerprint density at radius 2 is 1.72 bits per heavy atom. The molecule has 3 aliphatic heterocycles. The van der Waals surface area contributed by atoms with E-state index in [-0.39, 0.29) is 5.91 Å². The van der Waals surface area contributed by atoms with Crippen LogP contribution in [0.1, 0.15) is 32.6 Å². The van der Waals surface area contributed by atoms with Crippen molar-refractivity contribution >= 4 is 17.3 Å². The molecule has 0 radical (unpaired) electrons. The summed E-state index contributed by atoms with van der Waals surface area (Å²) in [6, 6.07) is 8.89. The highest BCUT2D eigenvalue weighted by molar-refractivity contribution is 5.95. The van der Waals surface area contributed by atoms with Gasteiger partial charge in [0.25, 0.3) is 0 Å². The predicted octanol–water partition coefficient (Wildman–Crippen LogP) is 2.33. The molecule has 3 heterocycles. The lowest BCUT2D eigenvalue weighted by molar-refractivity contribution is -0.117. The van der Waals surface area contributed by atoms with Crippen molar-refractivity contribution in [1.29, 1.82) is 0 Å². The van der Waals surface area contributed by atoms with Gasteiger partial charge in [-0.05, 0) is 44.4 Å². The van der Waals surface area contributed by atoms with Crippen LogP contribution in [0, 0.1) is 0 Å². The van der Waals surface area contributed by atoms with E-state index in [1.165, 1.54) is 57.5 Å². The lowest BCUT2D eigenvalue weighted by Crippen LogP contribution is -2.51. The van der Waals surface area contributed by atoms with Crippen LogP contribution in [0.2, 0.25) is 0 Å². The van der Waals surface area contributed by atoms with Crippen LogP contribution in [0.5, 0.6) is 0 Å². The van der Waals surface area contributed by atoms with Crippen LogP contribution in [-0.2, 0) is 4.79 Å². The van der Waals surface area contributed by atoms with Crippen LogP contribution >= 0.6 is 0 Å². The van der Waals surface area contributed by atoms with Gasteiger partial charge < -0.3 is 15.1 Å². The van der Waals surface area contributed by atoms with Crippen molar-refractivity contribution in [3.63, 3.8) is 0 Å². The molecule has 29 heavy (non-hydrogen) atoms. The normalized spacial score (nSPS) is 24.7. The van der Waals surface area contributed by atoms with Crippen molar-refractivity contribution in [3.05, 3.63) is 24.3 Å². The molecule has 1 N–H and O–H groups in total. The fourth-order valence-electron chi connectivity index (χ4n) is 5.08. The molecule has 0 aliphatic carbocycles. The van der Waals surface area contributed by atoms with Gasteiger partial charge in [0.1, 0.15) is 0 Å². The van der Waals surface area contributed by atoms with Gasteiger partial charge in [0.2, 0.25) is 5.91 Å². The van der Waals surface area contributed by atoms with Gasteiger partial charge in [-0.15, -0.1) is 0 Å². The molecule has 6 heteroatoms. The SMILES string of the molecule is CCN1CCN(C2CCN(CC(=O)Nc3ccccc3N3CCCCC3)C2)CC1. The first-order valence-corrected chi connectivity index (χ1v) is 11.6. The monoisotopic (exact) mass is 399 g/mol. The predicted molar refractivity (Wildman–Crippen MR) is 120 cm³/mol. The quantitative estimate of drug-likeness (QED) is 0.795. The molecule has 1 aromatic rings. The summed E-state index contributed by atoms with van der Waals surface area (Å²) in [5.41, 5.74) is 2.14. The fourth-order valence-corrected chi connectivity index (χ4v) is 5.08. The van der Waals surface area contributed by atoms with Crippen molar-refractivity contribution in [1.82, 2.24) is 14.7 Å². The summed E-state index contributed by atoms with van der Waals surface area (Å²) in [6.07, 6.45) is 4.98. The Labute approximate surface area is 175 Å². The van der Waals surface area contributed by atoms with Crippen LogP contribution in [0.25, 0.3) is 0 Å². The Kier molecular flexibility index (Phi) is 7.06. The Morgan fingerprint density at radius 1 is 0.966 bits per heavy atom. The average Bonchev–Trinajstić information content (AvgIpc) is 3.23. The van der Waals surface area contributed by atoms with Gasteiger partial charge in [0.05, 0.1) is 17.9 Å². The molecule has 4 rings (SSSR count). The number of nitrogens with zero attached hydrogens (tertiary/aromatic N) is 4. The van der Waals surface area contributed by atoms with Crippen LogP contribution in [0.15, 0.2) is 24.3 Å². The molecule has 1 atom stereocenters. The summed E-state index contributed by atoms with van der Waals surface area (Å²) in [5.74, 6) is 0.117. The number of piperidine rings is 1. The molecule has 1 amide bonds. The number of rotatable bonds is 6. The Morgan fingerprint density at radius 3 is 2.48 bits per heavy atom. The van der Waals surface area contributed by atoms with Crippen molar-refractivity contribution in [3.8, 4) is 0 Å². The van der Waals surface area contributed by atoms with E-state index < -0.39 is 0 Å². The van der Waals surface area contributed by atoms with Gasteiger partial charge in [-0.2, -0.15) is 0 Å². The van der Waals surface area contributed by atoms with Crippen LogP contribution in [0.3, 0.4) is 0 Å². The van der Waals surface area contributed by atoms with Crippen molar-refractivity contribution in [2.75, 3.05) is 75.7 Å². The summed E-state index contributed by atoms with van der Waals surface area (Å²) < 4.78 is 0. The summed E-state index contributed by atoms with van der Waals surface area (Å²) in [5, 5.41) is 3.20. The average molecular weight is 400 g/mol. The molecule has 1 aromatic carbocycles. The number of nitrogens with one attached hydrogen (secondary N) is 1. The zero-order chi connectivity index (χ0) is 20.1. The highest BCUT2D eigenvalue weighted by Crippen LogP contribution is 2.28. The molecular formula is C23H37N5O. The molecule has 0 saturated carbocycles. The second kappa shape index (κ2) is 9.92. The van der Waals surface area contributed by atoms with Gasteiger partial charge in [-0.25, -0.2) is 0 Å². The number of amides is 1. The first-order valence-electron chi connectivity index (χ1n) is 11.6. The summed E-state index contributed by atoms with van der Waals surface area (Å²) in [4.78, 5) is 22.7. The number of piperazine rings is 1. The minimum Gasteiger partial charge on any atom is -0.370 e. The second-order valence-corrected chi connectivity index (χ2v) is 8.76. The maximum Gasteiger partial charge on any atom is 0.238 e. The van der Waals surface area contributed by atoms with E-state index >= 15 is 0 Å². The van der Waals surface area contributed by atoms with Gasteiger partial charge in [-0.1, -0.05) is 19.1 Å². The van der Waals surface area contributed by atoms with Crippen molar-refractivity contribution in [2.45, 2.75) is 38.6 Å². The van der Waals surface area contributed by atoms with E-state index in [9.17, 15) is 4.79 Å². The summed E-state index contributed by atoms with van der Waals surface area (Å²) >= 11 is 0. The van der Waals surface area contributed by atoms with Gasteiger partial charge >= 0.3 is 0 Å². The highest BCUT2D eigenvalue weighted by atomic mass is 16.2. The molecule has 0 bridgehead atoms. The smallest absolute Gasteiger partial charge is 0.238 e. The van der Waals surface area contributed by atoms with E-state index in [0.717, 1.165) is 38.4 Å². The van der Waals surface area contributed by atoms with Gasteiger partial charge in [0, 0.05) is 58.4 Å². The molecule has 3 saturated heterocycles. The highest BCUT2D eigenvalue weighted by Gasteiger charge is 2.30. The number of likely N-dealkylation sites (tertiary alicyclic amines) is 1. The molecule has 1 unspecified atom stereocenters. The number of benzene rings is 1. The van der Waals surface area contributed by atoms with Crippen LogP contribution in [0.4, 0.5) is 11.4 Å². The number of carbonyl (C=O) groups excluding carboxylic acids is 1. The Bertz CT molecular complexity index is 667. The van der Waals surface area contributed by atoms with E-state index in [2.05, 4.69) is 44.0 Å². The summed E-state index contributed by atoms with van der Waals surface area (Å²) in [7, 11) is 0. The molecule has 0 spiro atoms. The maximum atomic E-state index is 12.8. The number of hydrogen-bond acceptors (Lipinski definition) is 5. The Balaban J connectivity index is 1.27. The standard InChI is InChI=1S/C23H37N5O/c1-2-25-14-16-27(17-15-25)20-10-13-26(18-20)19-23(29)24-21-8-4-5-9-22(21)28-11-6-3-7-12-28/h4-5,8-9,20H,2-3,6-7,10-19H2,1H3,(H,24,29). The van der Waals surface area contributed by atoms with Crippen LogP contribution in [-0.4, -0.2) is 92.1 Å². The van der Waals surface area contributed by atoms with Crippen LogP contribution < -0.4 is 10.2 Å². The lowest BCUT2D eigenvalue weighted by atomic mass is 10.1. The lowest BCUT2D eigenvalue weighted by Gasteiger charge is -2.37. The second-order valence-electron chi connectivity index (χ2n) is 8.76. The first kappa shape index (κ1) is 20.6. The van der Waals surface area contributed by atoms with Crippen molar-refractivity contribution in [2.24, 2.45) is 0 Å². The number of anilines is 2. The van der Waals surface area contributed by atoms with E-state index in [1.807, 2.05) is 12.1 Å². The molecule has 3 fully saturated rings. The fraction of sp³-hybridized carbons (Fsp3) is 0.696. The third kappa shape index (κ3) is 5.30. The van der Waals surface area contributed by atoms with E-state index in [0.29, 0.717) is 12.6 Å². The topological polar surface area (TPSA) is 42.1 Å². The first-order chi connectivity index (χ1) is 14.2.